The standard InChI is InChI=1S/C12H14BrNO4/c13-10-6-5-9(18-10)11(15)14-8-3-1-7(2-4-8)12(16)17/h5-8H,1-4H2,(H,14,15)(H,16,17). The van der Waals surface area contributed by atoms with Crippen molar-refractivity contribution < 1.29 is 19.1 Å². The molecule has 0 radical (unpaired) electrons. The van der Waals surface area contributed by atoms with E-state index in [1.54, 1.807) is 12.1 Å². The molecule has 1 fully saturated rings. The van der Waals surface area contributed by atoms with Gasteiger partial charge < -0.3 is 14.8 Å². The minimum atomic E-state index is -0.741. The zero-order chi connectivity index (χ0) is 13.1. The molecular formula is C12H14BrNO4. The lowest BCUT2D eigenvalue weighted by Crippen LogP contribution is -2.38. The highest BCUT2D eigenvalue weighted by Gasteiger charge is 2.27. The number of carbonyl (C=O) groups excluding carboxylic acids is 1. The molecule has 18 heavy (non-hydrogen) atoms. The van der Waals surface area contributed by atoms with Gasteiger partial charge in [-0.2, -0.15) is 0 Å². The van der Waals surface area contributed by atoms with E-state index >= 15 is 0 Å². The van der Waals surface area contributed by atoms with Crippen molar-refractivity contribution in [2.24, 2.45) is 5.92 Å². The number of hydrogen-bond donors (Lipinski definition) is 2. The summed E-state index contributed by atoms with van der Waals surface area (Å²) < 4.78 is 5.67. The van der Waals surface area contributed by atoms with Gasteiger partial charge in [-0.3, -0.25) is 9.59 Å². The fourth-order valence-electron chi connectivity index (χ4n) is 2.18. The molecule has 1 aliphatic rings. The summed E-state index contributed by atoms with van der Waals surface area (Å²) in [5.41, 5.74) is 0. The average molecular weight is 316 g/mol. The van der Waals surface area contributed by atoms with Gasteiger partial charge in [-0.25, -0.2) is 0 Å². The fraction of sp³-hybridized carbons (Fsp3) is 0.500. The van der Waals surface area contributed by atoms with Crippen molar-refractivity contribution in [3.8, 4) is 0 Å². The van der Waals surface area contributed by atoms with Crippen molar-refractivity contribution in [1.82, 2.24) is 5.32 Å². The number of amides is 1. The number of furan rings is 1. The van der Waals surface area contributed by atoms with E-state index in [0.717, 1.165) is 0 Å². The quantitative estimate of drug-likeness (QED) is 0.897. The SMILES string of the molecule is O=C(NC1CCC(C(=O)O)CC1)c1ccc(Br)o1. The van der Waals surface area contributed by atoms with Crippen LogP contribution < -0.4 is 5.32 Å². The molecule has 1 aromatic heterocycles. The zero-order valence-electron chi connectivity index (χ0n) is 9.69. The van der Waals surface area contributed by atoms with Gasteiger partial charge in [0.25, 0.3) is 5.91 Å². The predicted octanol–water partition coefficient (Wildman–Crippen LogP) is 2.42. The van der Waals surface area contributed by atoms with E-state index in [9.17, 15) is 9.59 Å². The monoisotopic (exact) mass is 315 g/mol. The van der Waals surface area contributed by atoms with Crippen LogP contribution in [0, 0.1) is 5.92 Å². The van der Waals surface area contributed by atoms with Crippen LogP contribution in [0.5, 0.6) is 0 Å². The van der Waals surface area contributed by atoms with Crippen LogP contribution in [0.2, 0.25) is 0 Å². The highest BCUT2D eigenvalue weighted by molar-refractivity contribution is 9.10. The summed E-state index contributed by atoms with van der Waals surface area (Å²) in [6, 6.07) is 3.30. The molecule has 0 saturated heterocycles. The third-order valence-corrected chi connectivity index (χ3v) is 3.63. The summed E-state index contributed by atoms with van der Waals surface area (Å²) in [6.45, 7) is 0. The van der Waals surface area contributed by atoms with Crippen LogP contribution in [-0.4, -0.2) is 23.0 Å². The van der Waals surface area contributed by atoms with Gasteiger partial charge in [0.2, 0.25) is 0 Å². The molecule has 1 aliphatic carbocycles. The lowest BCUT2D eigenvalue weighted by Gasteiger charge is -2.26. The molecule has 0 atom stereocenters. The second kappa shape index (κ2) is 5.56. The van der Waals surface area contributed by atoms with Gasteiger partial charge in [0.05, 0.1) is 5.92 Å². The molecule has 6 heteroatoms. The van der Waals surface area contributed by atoms with Crippen molar-refractivity contribution >= 4 is 27.8 Å². The first-order chi connectivity index (χ1) is 8.56. The molecule has 0 aliphatic heterocycles. The Hall–Kier alpha value is -1.30. The molecule has 0 unspecified atom stereocenters. The van der Waals surface area contributed by atoms with E-state index in [4.69, 9.17) is 9.52 Å². The largest absolute Gasteiger partial charge is 0.481 e. The van der Waals surface area contributed by atoms with Crippen molar-refractivity contribution in [3.05, 3.63) is 22.6 Å². The molecule has 0 bridgehead atoms. The molecule has 1 heterocycles. The van der Waals surface area contributed by atoms with Crippen LogP contribution in [0.3, 0.4) is 0 Å². The van der Waals surface area contributed by atoms with Crippen molar-refractivity contribution in [1.29, 1.82) is 0 Å². The van der Waals surface area contributed by atoms with Crippen LogP contribution in [0.1, 0.15) is 36.2 Å². The molecule has 2 rings (SSSR count). The Morgan fingerprint density at radius 3 is 2.44 bits per heavy atom. The summed E-state index contributed by atoms with van der Waals surface area (Å²) in [7, 11) is 0. The molecule has 0 spiro atoms. The van der Waals surface area contributed by atoms with Crippen molar-refractivity contribution in [2.75, 3.05) is 0 Å². The number of halogens is 1. The minimum absolute atomic E-state index is 0.0389. The third kappa shape index (κ3) is 3.13. The summed E-state index contributed by atoms with van der Waals surface area (Å²) in [4.78, 5) is 22.6. The van der Waals surface area contributed by atoms with E-state index in [2.05, 4.69) is 21.2 Å². The lowest BCUT2D eigenvalue weighted by molar-refractivity contribution is -0.142. The maximum Gasteiger partial charge on any atom is 0.306 e. The smallest absolute Gasteiger partial charge is 0.306 e. The van der Waals surface area contributed by atoms with Crippen LogP contribution in [-0.2, 0) is 4.79 Å². The maximum absolute atomic E-state index is 11.8. The molecule has 1 aromatic rings. The summed E-state index contributed by atoms with van der Waals surface area (Å²) in [6.07, 6.45) is 2.62. The van der Waals surface area contributed by atoms with Gasteiger partial charge in [0, 0.05) is 6.04 Å². The molecule has 2 N–H and O–H groups in total. The van der Waals surface area contributed by atoms with Crippen LogP contribution in [0.4, 0.5) is 0 Å². The lowest BCUT2D eigenvalue weighted by atomic mass is 9.86. The molecular weight excluding hydrogens is 302 g/mol. The van der Waals surface area contributed by atoms with Gasteiger partial charge in [-0.05, 0) is 53.7 Å². The summed E-state index contributed by atoms with van der Waals surface area (Å²) in [5, 5.41) is 11.7. The van der Waals surface area contributed by atoms with Crippen LogP contribution in [0.15, 0.2) is 21.2 Å². The number of carboxylic acids is 1. The summed E-state index contributed by atoms with van der Waals surface area (Å²) in [5.74, 6) is -0.993. The fourth-order valence-corrected chi connectivity index (χ4v) is 2.48. The Bertz CT molecular complexity index is 449. The predicted molar refractivity (Wildman–Crippen MR) is 67.3 cm³/mol. The van der Waals surface area contributed by atoms with Gasteiger partial charge in [-0.15, -0.1) is 0 Å². The second-order valence-electron chi connectivity index (χ2n) is 4.46. The van der Waals surface area contributed by atoms with Gasteiger partial charge >= 0.3 is 5.97 Å². The Balaban J connectivity index is 1.85. The third-order valence-electron chi connectivity index (χ3n) is 3.21. The Kier molecular flexibility index (Phi) is 4.06. The van der Waals surface area contributed by atoms with E-state index in [0.29, 0.717) is 30.4 Å². The topological polar surface area (TPSA) is 79.5 Å². The van der Waals surface area contributed by atoms with Crippen LogP contribution in [0.25, 0.3) is 0 Å². The van der Waals surface area contributed by atoms with Crippen LogP contribution >= 0.6 is 15.9 Å². The second-order valence-corrected chi connectivity index (χ2v) is 5.25. The number of carboxylic acid groups (broad SMARTS) is 1. The molecule has 5 nitrogen and oxygen atoms in total. The van der Waals surface area contributed by atoms with Crippen molar-refractivity contribution in [2.45, 2.75) is 31.7 Å². The van der Waals surface area contributed by atoms with E-state index in [1.165, 1.54) is 0 Å². The Labute approximate surface area is 113 Å². The van der Waals surface area contributed by atoms with Gasteiger partial charge in [-0.1, -0.05) is 0 Å². The molecule has 0 aromatic carbocycles. The molecule has 1 saturated carbocycles. The number of aliphatic carboxylic acids is 1. The summed E-state index contributed by atoms with van der Waals surface area (Å²) >= 11 is 3.14. The normalized spacial score (nSPS) is 23.6. The van der Waals surface area contributed by atoms with E-state index in [1.807, 2.05) is 0 Å². The highest BCUT2D eigenvalue weighted by Crippen LogP contribution is 2.24. The molecule has 98 valence electrons. The van der Waals surface area contributed by atoms with Gasteiger partial charge in [0.1, 0.15) is 0 Å². The number of rotatable bonds is 3. The number of hydrogen-bond acceptors (Lipinski definition) is 3. The maximum atomic E-state index is 11.8. The van der Waals surface area contributed by atoms with Gasteiger partial charge in [0.15, 0.2) is 10.4 Å². The van der Waals surface area contributed by atoms with E-state index < -0.39 is 5.97 Å². The van der Waals surface area contributed by atoms with Crippen molar-refractivity contribution in [3.63, 3.8) is 0 Å². The first-order valence-electron chi connectivity index (χ1n) is 5.85. The molecule has 1 amide bonds. The first-order valence-corrected chi connectivity index (χ1v) is 6.64. The Morgan fingerprint density at radius 2 is 1.94 bits per heavy atom. The zero-order valence-corrected chi connectivity index (χ0v) is 11.3. The number of nitrogens with one attached hydrogen (secondary N) is 1. The highest BCUT2D eigenvalue weighted by atomic mass is 79.9. The minimum Gasteiger partial charge on any atom is -0.481 e. The average Bonchev–Trinajstić information content (AvgIpc) is 2.76. The first kappa shape index (κ1) is 13.1. The number of carbonyl (C=O) groups is 2. The van der Waals surface area contributed by atoms with E-state index in [-0.39, 0.29) is 23.6 Å². The Morgan fingerprint density at radius 1 is 1.28 bits per heavy atom.